The van der Waals surface area contributed by atoms with E-state index in [-0.39, 0.29) is 0 Å². The van der Waals surface area contributed by atoms with E-state index in [4.69, 9.17) is 5.73 Å². The first-order chi connectivity index (χ1) is 8.69. The molecule has 2 aromatic rings. The van der Waals surface area contributed by atoms with Gasteiger partial charge >= 0.3 is 0 Å². The van der Waals surface area contributed by atoms with Gasteiger partial charge in [0.25, 0.3) is 0 Å². The summed E-state index contributed by atoms with van der Waals surface area (Å²) in [6.45, 7) is 1.58. The third kappa shape index (κ3) is 3.19. The van der Waals surface area contributed by atoms with Crippen LogP contribution >= 0.6 is 0 Å². The van der Waals surface area contributed by atoms with Gasteiger partial charge < -0.3 is 10.6 Å². The molecule has 2 heteroatoms. The highest BCUT2D eigenvalue weighted by Crippen LogP contribution is 2.20. The molecule has 0 aliphatic carbocycles. The van der Waals surface area contributed by atoms with E-state index in [1.165, 1.54) is 22.3 Å². The molecule has 2 nitrogen and oxygen atoms in total. The highest BCUT2D eigenvalue weighted by atomic mass is 15.0. The van der Waals surface area contributed by atoms with Gasteiger partial charge in [-0.05, 0) is 36.3 Å². The van der Waals surface area contributed by atoms with Crippen molar-refractivity contribution in [1.29, 1.82) is 0 Å². The van der Waals surface area contributed by atoms with Crippen molar-refractivity contribution in [3.05, 3.63) is 59.7 Å². The molecule has 0 saturated carbocycles. The van der Waals surface area contributed by atoms with E-state index in [0.717, 1.165) is 6.54 Å². The molecule has 0 bridgehead atoms. The molecule has 0 radical (unpaired) electrons. The zero-order chi connectivity index (χ0) is 13.0. The summed E-state index contributed by atoms with van der Waals surface area (Å²) in [5.41, 5.74) is 10.6. The Kier molecular flexibility index (Phi) is 4.13. The Hall–Kier alpha value is -1.64. The second-order valence-corrected chi connectivity index (χ2v) is 4.84. The van der Waals surface area contributed by atoms with Crippen LogP contribution in [-0.2, 0) is 13.1 Å². The van der Waals surface area contributed by atoms with Gasteiger partial charge in [0.15, 0.2) is 0 Å². The molecule has 0 amide bonds. The van der Waals surface area contributed by atoms with Crippen molar-refractivity contribution in [3.63, 3.8) is 0 Å². The van der Waals surface area contributed by atoms with E-state index >= 15 is 0 Å². The molecule has 2 aromatic carbocycles. The van der Waals surface area contributed by atoms with Crippen LogP contribution in [0.25, 0.3) is 11.1 Å². The number of rotatable bonds is 4. The molecule has 0 atom stereocenters. The molecular formula is C16H20N2. The summed E-state index contributed by atoms with van der Waals surface area (Å²) >= 11 is 0. The Balaban J connectivity index is 2.17. The van der Waals surface area contributed by atoms with Crippen molar-refractivity contribution in [1.82, 2.24) is 4.90 Å². The topological polar surface area (TPSA) is 29.3 Å². The lowest BCUT2D eigenvalue weighted by atomic mass is 10.0. The van der Waals surface area contributed by atoms with Crippen LogP contribution in [0.5, 0.6) is 0 Å². The second kappa shape index (κ2) is 5.80. The third-order valence-electron chi connectivity index (χ3n) is 2.98. The van der Waals surface area contributed by atoms with Crippen LogP contribution in [0.4, 0.5) is 0 Å². The Labute approximate surface area is 109 Å². The fraction of sp³-hybridized carbons (Fsp3) is 0.250. The van der Waals surface area contributed by atoms with E-state index < -0.39 is 0 Å². The normalized spacial score (nSPS) is 10.9. The fourth-order valence-corrected chi connectivity index (χ4v) is 2.00. The Morgan fingerprint density at radius 3 is 1.61 bits per heavy atom. The maximum Gasteiger partial charge on any atom is 0.0227 e. The van der Waals surface area contributed by atoms with Crippen LogP contribution in [0.1, 0.15) is 11.1 Å². The van der Waals surface area contributed by atoms with Crippen molar-refractivity contribution in [2.24, 2.45) is 5.73 Å². The van der Waals surface area contributed by atoms with Crippen LogP contribution < -0.4 is 5.73 Å². The second-order valence-electron chi connectivity index (χ2n) is 4.84. The minimum absolute atomic E-state index is 0.599. The molecule has 2 rings (SSSR count). The molecule has 0 aromatic heterocycles. The summed E-state index contributed by atoms with van der Waals surface area (Å²) < 4.78 is 0. The fourth-order valence-electron chi connectivity index (χ4n) is 2.00. The maximum absolute atomic E-state index is 5.60. The Morgan fingerprint density at radius 1 is 0.778 bits per heavy atom. The molecule has 0 heterocycles. The molecule has 2 N–H and O–H groups in total. The lowest BCUT2D eigenvalue weighted by Gasteiger charge is -2.10. The minimum atomic E-state index is 0.599. The summed E-state index contributed by atoms with van der Waals surface area (Å²) in [4.78, 5) is 2.17. The largest absolute Gasteiger partial charge is 0.326 e. The molecule has 0 spiro atoms. The summed E-state index contributed by atoms with van der Waals surface area (Å²) in [6.07, 6.45) is 0. The van der Waals surface area contributed by atoms with Crippen molar-refractivity contribution < 1.29 is 0 Å². The van der Waals surface area contributed by atoms with Gasteiger partial charge in [0, 0.05) is 13.1 Å². The van der Waals surface area contributed by atoms with Crippen LogP contribution in [-0.4, -0.2) is 19.0 Å². The number of nitrogens with zero attached hydrogens (tertiary/aromatic N) is 1. The monoisotopic (exact) mass is 240 g/mol. The first-order valence-corrected chi connectivity index (χ1v) is 6.22. The summed E-state index contributed by atoms with van der Waals surface area (Å²) in [7, 11) is 4.17. The van der Waals surface area contributed by atoms with Gasteiger partial charge in [0.1, 0.15) is 0 Å². The Bertz CT molecular complexity index is 484. The van der Waals surface area contributed by atoms with Gasteiger partial charge in [-0.3, -0.25) is 0 Å². The van der Waals surface area contributed by atoms with Crippen molar-refractivity contribution in [2.45, 2.75) is 13.1 Å². The lowest BCUT2D eigenvalue weighted by molar-refractivity contribution is 0.402. The van der Waals surface area contributed by atoms with Gasteiger partial charge in [0.2, 0.25) is 0 Å². The summed E-state index contributed by atoms with van der Waals surface area (Å²) in [5, 5.41) is 0. The van der Waals surface area contributed by atoms with Gasteiger partial charge in [-0.2, -0.15) is 0 Å². The van der Waals surface area contributed by atoms with Gasteiger partial charge in [0.05, 0.1) is 0 Å². The highest BCUT2D eigenvalue weighted by molar-refractivity contribution is 5.63. The Morgan fingerprint density at radius 2 is 1.22 bits per heavy atom. The molecule has 0 saturated heterocycles. The molecule has 94 valence electrons. The number of hydrogen-bond acceptors (Lipinski definition) is 2. The average molecular weight is 240 g/mol. The van der Waals surface area contributed by atoms with Crippen LogP contribution in [0, 0.1) is 0 Å². The first kappa shape index (κ1) is 12.8. The number of hydrogen-bond donors (Lipinski definition) is 1. The standard InChI is InChI=1S/C16H20N2/c1-18(2)12-14-5-9-16(10-6-14)15-7-3-13(11-17)4-8-15/h3-10H,11-12,17H2,1-2H3. The zero-order valence-electron chi connectivity index (χ0n) is 11.1. The molecule has 18 heavy (non-hydrogen) atoms. The van der Waals surface area contributed by atoms with Crippen molar-refractivity contribution in [3.8, 4) is 11.1 Å². The quantitative estimate of drug-likeness (QED) is 0.890. The van der Waals surface area contributed by atoms with Crippen molar-refractivity contribution in [2.75, 3.05) is 14.1 Å². The predicted octanol–water partition coefficient (Wildman–Crippen LogP) is 2.87. The van der Waals surface area contributed by atoms with Crippen LogP contribution in [0.3, 0.4) is 0 Å². The third-order valence-corrected chi connectivity index (χ3v) is 2.98. The van der Waals surface area contributed by atoms with Gasteiger partial charge in [-0.1, -0.05) is 48.5 Å². The van der Waals surface area contributed by atoms with E-state index in [9.17, 15) is 0 Å². The van der Waals surface area contributed by atoms with Crippen molar-refractivity contribution >= 4 is 0 Å². The molecule has 0 aliphatic heterocycles. The SMILES string of the molecule is CN(C)Cc1ccc(-c2ccc(CN)cc2)cc1. The predicted molar refractivity (Wildman–Crippen MR) is 77.2 cm³/mol. The van der Waals surface area contributed by atoms with E-state index in [0.29, 0.717) is 6.54 Å². The molecule has 0 unspecified atom stereocenters. The number of nitrogens with two attached hydrogens (primary N) is 1. The maximum atomic E-state index is 5.60. The summed E-state index contributed by atoms with van der Waals surface area (Å²) in [5.74, 6) is 0. The molecule has 0 aliphatic rings. The van der Waals surface area contributed by atoms with Crippen LogP contribution in [0.2, 0.25) is 0 Å². The van der Waals surface area contributed by atoms with Gasteiger partial charge in [-0.25, -0.2) is 0 Å². The number of benzene rings is 2. The highest BCUT2D eigenvalue weighted by Gasteiger charge is 1.99. The zero-order valence-corrected chi connectivity index (χ0v) is 11.1. The van der Waals surface area contributed by atoms with Crippen LogP contribution in [0.15, 0.2) is 48.5 Å². The van der Waals surface area contributed by atoms with Gasteiger partial charge in [-0.15, -0.1) is 0 Å². The lowest BCUT2D eigenvalue weighted by Crippen LogP contribution is -2.10. The van der Waals surface area contributed by atoms with E-state index in [1.54, 1.807) is 0 Å². The van der Waals surface area contributed by atoms with E-state index in [2.05, 4.69) is 67.5 Å². The smallest absolute Gasteiger partial charge is 0.0227 e. The summed E-state index contributed by atoms with van der Waals surface area (Å²) in [6, 6.07) is 17.2. The molecular weight excluding hydrogens is 220 g/mol. The first-order valence-electron chi connectivity index (χ1n) is 6.22. The molecule has 0 fully saturated rings. The average Bonchev–Trinajstić information content (AvgIpc) is 2.39. The minimum Gasteiger partial charge on any atom is -0.326 e. The van der Waals surface area contributed by atoms with E-state index in [1.807, 2.05) is 0 Å².